The van der Waals surface area contributed by atoms with Gasteiger partial charge in [-0.05, 0) is 55.5 Å². The average molecular weight is 673 g/mol. The average Bonchev–Trinajstić information content (AvgIpc) is 3.71. The van der Waals surface area contributed by atoms with Gasteiger partial charge in [-0.1, -0.05) is 24.3 Å². The zero-order valence-corrected chi connectivity index (χ0v) is 28.0. The number of aromatic amines is 1. The van der Waals surface area contributed by atoms with Crippen molar-refractivity contribution >= 4 is 49.5 Å². The number of methoxy groups -OCH3 is 1. The van der Waals surface area contributed by atoms with Crippen LogP contribution in [0.1, 0.15) is 34.2 Å². The lowest BCUT2D eigenvalue weighted by molar-refractivity contribution is 0.0684. The van der Waals surface area contributed by atoms with Crippen molar-refractivity contribution in [2.24, 2.45) is 0 Å². The summed E-state index contributed by atoms with van der Waals surface area (Å²) in [5.41, 5.74) is 8.97. The number of benzene rings is 2. The van der Waals surface area contributed by atoms with Crippen LogP contribution in [0, 0.1) is 11.3 Å². The van der Waals surface area contributed by atoms with E-state index in [1.807, 2.05) is 72.2 Å². The summed E-state index contributed by atoms with van der Waals surface area (Å²) in [4.78, 5) is 35.1. The van der Waals surface area contributed by atoms with Gasteiger partial charge in [-0.15, -0.1) is 0 Å². The Kier molecular flexibility index (Phi) is 8.37. The van der Waals surface area contributed by atoms with Gasteiger partial charge in [0.2, 0.25) is 0 Å². The molecule has 0 fully saturated rings. The molecule has 0 saturated heterocycles. The minimum absolute atomic E-state index is 0.0966. The number of nitriles is 1. The largest absolute Gasteiger partial charge is 0.380 e. The monoisotopic (exact) mass is 672 g/mol. The Morgan fingerprint density at radius 3 is 2.25 bits per heavy atom. The molecule has 6 heterocycles. The predicted octanol–water partition coefficient (Wildman–Crippen LogP) is 7.29. The third-order valence-electron chi connectivity index (χ3n) is 9.08. The Labute approximate surface area is 292 Å². The van der Waals surface area contributed by atoms with Gasteiger partial charge in [-0.2, -0.15) is 5.26 Å². The molecule has 0 unspecified atom stereocenters. The molecule has 51 heavy (non-hydrogen) atoms. The normalized spacial score (nSPS) is 11.5. The van der Waals surface area contributed by atoms with E-state index >= 15 is 0 Å². The van der Waals surface area contributed by atoms with Gasteiger partial charge in [0.25, 0.3) is 5.91 Å². The molecule has 0 spiro atoms. The SMILES string of the molecule is CCNC(=O)c1ncc2[nH]c3ccc(-c4ccccn4)cc3c2c1COCn1c2ccc(-c3ccccn3)cc2c2c(COC)c(C#N)ncc21. The Morgan fingerprint density at radius 2 is 1.57 bits per heavy atom. The first-order valence-electron chi connectivity index (χ1n) is 16.5. The highest BCUT2D eigenvalue weighted by molar-refractivity contribution is 6.13. The lowest BCUT2D eigenvalue weighted by Gasteiger charge is -2.13. The third kappa shape index (κ3) is 5.62. The molecule has 0 radical (unpaired) electrons. The Balaban J connectivity index is 1.25. The highest BCUT2D eigenvalue weighted by Gasteiger charge is 2.22. The van der Waals surface area contributed by atoms with Gasteiger partial charge in [0.05, 0.1) is 53.5 Å². The number of nitrogens with one attached hydrogen (secondary N) is 2. The molecule has 250 valence electrons. The van der Waals surface area contributed by atoms with Crippen LogP contribution in [0.25, 0.3) is 66.1 Å². The third-order valence-corrected chi connectivity index (χ3v) is 9.08. The standard InChI is InChI=1S/C40H32N8O3/c1-3-42-40(49)39-29(37-26-16-24(30-8-4-6-14-43-30)10-12-32(26)47-34(37)19-46-39)22-51-23-48-35-13-11-25(31-9-5-7-15-44-31)17-27(35)38-28(21-50-2)33(18-41)45-20-36(38)48/h4-17,19-20,47H,3,21-23H2,1-2H3,(H,42,49). The molecule has 0 bridgehead atoms. The molecule has 1 amide bonds. The summed E-state index contributed by atoms with van der Waals surface area (Å²) in [6, 6.07) is 26.1. The molecule has 2 aromatic carbocycles. The van der Waals surface area contributed by atoms with Crippen molar-refractivity contribution in [2.45, 2.75) is 26.9 Å². The number of carbonyl (C=O) groups is 1. The van der Waals surface area contributed by atoms with Crippen molar-refractivity contribution in [1.82, 2.24) is 34.8 Å². The fourth-order valence-electron chi connectivity index (χ4n) is 6.83. The summed E-state index contributed by atoms with van der Waals surface area (Å²) < 4.78 is 14.1. The number of rotatable bonds is 10. The minimum atomic E-state index is -0.274. The van der Waals surface area contributed by atoms with Crippen molar-refractivity contribution < 1.29 is 14.3 Å². The van der Waals surface area contributed by atoms with Crippen LogP contribution in [0.4, 0.5) is 0 Å². The van der Waals surface area contributed by atoms with Crippen LogP contribution >= 0.6 is 0 Å². The maximum atomic E-state index is 13.4. The van der Waals surface area contributed by atoms with Crippen LogP contribution in [-0.2, 0) is 29.4 Å². The zero-order chi connectivity index (χ0) is 34.9. The van der Waals surface area contributed by atoms with Gasteiger partial charge < -0.3 is 24.3 Å². The number of amides is 1. The summed E-state index contributed by atoms with van der Waals surface area (Å²) in [7, 11) is 1.60. The number of hydrogen-bond acceptors (Lipinski definition) is 8. The molecule has 11 nitrogen and oxygen atoms in total. The van der Waals surface area contributed by atoms with Gasteiger partial charge in [0.15, 0.2) is 0 Å². The van der Waals surface area contributed by atoms with Crippen molar-refractivity contribution in [3.63, 3.8) is 0 Å². The van der Waals surface area contributed by atoms with Gasteiger partial charge >= 0.3 is 0 Å². The van der Waals surface area contributed by atoms with E-state index in [4.69, 9.17) is 9.47 Å². The zero-order valence-electron chi connectivity index (χ0n) is 28.0. The number of hydrogen-bond donors (Lipinski definition) is 2. The summed E-state index contributed by atoms with van der Waals surface area (Å²) in [5, 5.41) is 16.5. The first-order chi connectivity index (χ1) is 25.1. The lowest BCUT2D eigenvalue weighted by atomic mass is 10.0. The summed E-state index contributed by atoms with van der Waals surface area (Å²) in [6.07, 6.45) is 6.94. The molecular weight excluding hydrogens is 640 g/mol. The van der Waals surface area contributed by atoms with Crippen molar-refractivity contribution in [1.29, 1.82) is 5.26 Å². The van der Waals surface area contributed by atoms with Crippen LogP contribution in [0.3, 0.4) is 0 Å². The second-order valence-electron chi connectivity index (χ2n) is 12.1. The van der Waals surface area contributed by atoms with E-state index in [0.717, 1.165) is 66.1 Å². The topological polar surface area (TPSA) is 144 Å². The van der Waals surface area contributed by atoms with Gasteiger partial charge in [-0.25, -0.2) is 9.97 Å². The molecule has 8 rings (SSSR count). The van der Waals surface area contributed by atoms with Gasteiger partial charge in [-0.3, -0.25) is 14.8 Å². The van der Waals surface area contributed by atoms with Crippen LogP contribution in [0.5, 0.6) is 0 Å². The van der Waals surface area contributed by atoms with Crippen LogP contribution < -0.4 is 5.32 Å². The maximum absolute atomic E-state index is 13.4. The van der Waals surface area contributed by atoms with E-state index < -0.39 is 0 Å². The summed E-state index contributed by atoms with van der Waals surface area (Å²) >= 11 is 0. The van der Waals surface area contributed by atoms with E-state index in [-0.39, 0.29) is 25.9 Å². The summed E-state index contributed by atoms with van der Waals surface area (Å²) in [6.45, 7) is 2.78. The van der Waals surface area contributed by atoms with Gasteiger partial charge in [0.1, 0.15) is 24.2 Å². The Bertz CT molecular complexity index is 2630. The number of nitrogens with zero attached hydrogens (tertiary/aromatic N) is 6. The Hall–Kier alpha value is -6.48. The van der Waals surface area contributed by atoms with Crippen molar-refractivity contribution in [3.8, 4) is 28.6 Å². The maximum Gasteiger partial charge on any atom is 0.270 e. The smallest absolute Gasteiger partial charge is 0.270 e. The molecule has 11 heteroatoms. The van der Waals surface area contributed by atoms with E-state index in [1.165, 1.54) is 0 Å². The van der Waals surface area contributed by atoms with E-state index in [9.17, 15) is 10.1 Å². The van der Waals surface area contributed by atoms with Crippen LogP contribution in [0.2, 0.25) is 0 Å². The molecule has 8 aromatic rings. The fourth-order valence-corrected chi connectivity index (χ4v) is 6.83. The minimum Gasteiger partial charge on any atom is -0.380 e. The number of aromatic nitrogens is 6. The Morgan fingerprint density at radius 1 is 0.824 bits per heavy atom. The second kappa shape index (κ2) is 13.4. The lowest BCUT2D eigenvalue weighted by Crippen LogP contribution is -2.25. The van der Waals surface area contributed by atoms with E-state index in [2.05, 4.69) is 48.4 Å². The number of carbonyl (C=O) groups excluding carboxylic acids is 1. The predicted molar refractivity (Wildman–Crippen MR) is 196 cm³/mol. The quantitative estimate of drug-likeness (QED) is 0.154. The molecule has 6 aromatic heterocycles. The molecule has 0 aliphatic rings. The number of ether oxygens (including phenoxy) is 2. The van der Waals surface area contributed by atoms with Gasteiger partial charge in [0, 0.05) is 75.4 Å². The van der Waals surface area contributed by atoms with Crippen LogP contribution in [-0.4, -0.2) is 49.0 Å². The molecule has 0 saturated carbocycles. The highest BCUT2D eigenvalue weighted by atomic mass is 16.5. The second-order valence-corrected chi connectivity index (χ2v) is 12.1. The first-order valence-corrected chi connectivity index (χ1v) is 16.5. The van der Waals surface area contributed by atoms with Crippen molar-refractivity contribution in [2.75, 3.05) is 13.7 Å². The van der Waals surface area contributed by atoms with Crippen molar-refractivity contribution in [3.05, 3.63) is 120 Å². The summed E-state index contributed by atoms with van der Waals surface area (Å²) in [5.74, 6) is -0.274. The molecule has 0 atom stereocenters. The highest BCUT2D eigenvalue weighted by Crippen LogP contribution is 2.37. The number of fused-ring (bicyclic) bond motifs is 6. The number of H-pyrrole nitrogens is 1. The van der Waals surface area contributed by atoms with E-state index in [0.29, 0.717) is 29.1 Å². The number of pyridine rings is 4. The fraction of sp³-hybridized carbons (Fsp3) is 0.150. The van der Waals surface area contributed by atoms with E-state index in [1.54, 1.807) is 31.9 Å². The molecule has 0 aliphatic heterocycles. The van der Waals surface area contributed by atoms with Crippen LogP contribution in [0.15, 0.2) is 97.6 Å². The molecular formula is C40H32N8O3. The molecule has 0 aliphatic carbocycles. The molecule has 2 N–H and O–H groups in total. The first kappa shape index (κ1) is 31.8.